The highest BCUT2D eigenvalue weighted by molar-refractivity contribution is 5.88. The van der Waals surface area contributed by atoms with E-state index in [1.807, 2.05) is 18.2 Å². The van der Waals surface area contributed by atoms with Gasteiger partial charge >= 0.3 is 0 Å². The van der Waals surface area contributed by atoms with Crippen LogP contribution in [0.3, 0.4) is 0 Å². The standard InChI is InChI=1S/C24H26N2O/c1-26-16-8-13-20(17-26)24(27)25-23(19-10-3-2-4-11-19)22-15-7-12-18-9-5-6-14-21(18)22/h2-7,9-12,14-15,20,23H,8,13,16-17H2,1H3,(H,25,27). The molecule has 0 bridgehead atoms. The van der Waals surface area contributed by atoms with E-state index in [4.69, 9.17) is 0 Å². The van der Waals surface area contributed by atoms with Crippen LogP contribution in [0.1, 0.15) is 30.0 Å². The lowest BCUT2D eigenvalue weighted by atomic mass is 9.92. The van der Waals surface area contributed by atoms with E-state index in [2.05, 4.69) is 71.9 Å². The van der Waals surface area contributed by atoms with E-state index < -0.39 is 0 Å². The average molecular weight is 358 g/mol. The predicted octanol–water partition coefficient (Wildman–Crippen LogP) is 4.39. The van der Waals surface area contributed by atoms with Crippen LogP contribution in [0.15, 0.2) is 72.8 Å². The third kappa shape index (κ3) is 3.88. The Kier molecular flexibility index (Phi) is 5.21. The molecule has 0 saturated carbocycles. The minimum atomic E-state index is -0.142. The SMILES string of the molecule is CN1CCCC(C(=O)NC(c2ccccc2)c2cccc3ccccc23)C1. The normalized spacial score (nSPS) is 18.9. The Bertz CT molecular complexity index is 917. The van der Waals surface area contributed by atoms with Crippen molar-refractivity contribution in [3.63, 3.8) is 0 Å². The Morgan fingerprint density at radius 1 is 1.00 bits per heavy atom. The molecule has 0 radical (unpaired) electrons. The molecule has 3 nitrogen and oxygen atoms in total. The van der Waals surface area contributed by atoms with Gasteiger partial charge in [0.05, 0.1) is 12.0 Å². The minimum absolute atomic E-state index is 0.0601. The van der Waals surface area contributed by atoms with Crippen LogP contribution < -0.4 is 5.32 Å². The number of carbonyl (C=O) groups is 1. The Balaban J connectivity index is 1.70. The summed E-state index contributed by atoms with van der Waals surface area (Å²) in [6, 6.07) is 24.9. The van der Waals surface area contributed by atoms with Crippen LogP contribution in [-0.4, -0.2) is 30.9 Å². The molecule has 1 aliphatic heterocycles. The number of fused-ring (bicyclic) bond motifs is 1. The van der Waals surface area contributed by atoms with E-state index in [1.165, 1.54) is 10.8 Å². The number of carbonyl (C=O) groups excluding carboxylic acids is 1. The van der Waals surface area contributed by atoms with E-state index in [0.717, 1.165) is 37.1 Å². The predicted molar refractivity (Wildman–Crippen MR) is 111 cm³/mol. The summed E-state index contributed by atoms with van der Waals surface area (Å²) in [6.45, 7) is 1.91. The zero-order valence-electron chi connectivity index (χ0n) is 15.8. The molecule has 27 heavy (non-hydrogen) atoms. The van der Waals surface area contributed by atoms with Crippen molar-refractivity contribution < 1.29 is 4.79 Å². The monoisotopic (exact) mass is 358 g/mol. The molecule has 1 amide bonds. The Labute approximate surface area is 161 Å². The van der Waals surface area contributed by atoms with Crippen LogP contribution in [-0.2, 0) is 4.79 Å². The lowest BCUT2D eigenvalue weighted by Crippen LogP contribution is -2.42. The smallest absolute Gasteiger partial charge is 0.225 e. The number of hydrogen-bond acceptors (Lipinski definition) is 2. The highest BCUT2D eigenvalue weighted by atomic mass is 16.2. The van der Waals surface area contributed by atoms with Gasteiger partial charge in [-0.1, -0.05) is 72.8 Å². The summed E-state index contributed by atoms with van der Waals surface area (Å²) >= 11 is 0. The summed E-state index contributed by atoms with van der Waals surface area (Å²) in [5.74, 6) is 0.216. The molecular weight excluding hydrogens is 332 g/mol. The van der Waals surface area contributed by atoms with Crippen LogP contribution in [0, 0.1) is 5.92 Å². The molecule has 0 spiro atoms. The van der Waals surface area contributed by atoms with E-state index in [0.29, 0.717) is 0 Å². The van der Waals surface area contributed by atoms with E-state index in [1.54, 1.807) is 0 Å². The number of amides is 1. The number of likely N-dealkylation sites (tertiary alicyclic amines) is 1. The summed E-state index contributed by atoms with van der Waals surface area (Å²) in [4.78, 5) is 15.4. The maximum Gasteiger partial charge on any atom is 0.225 e. The Morgan fingerprint density at radius 2 is 1.74 bits per heavy atom. The molecule has 2 unspecified atom stereocenters. The van der Waals surface area contributed by atoms with Crippen molar-refractivity contribution in [3.8, 4) is 0 Å². The lowest BCUT2D eigenvalue weighted by molar-refractivity contribution is -0.127. The van der Waals surface area contributed by atoms with Gasteiger partial charge in [-0.15, -0.1) is 0 Å². The highest BCUT2D eigenvalue weighted by Gasteiger charge is 2.27. The zero-order chi connectivity index (χ0) is 18.6. The quantitative estimate of drug-likeness (QED) is 0.750. The number of nitrogens with zero attached hydrogens (tertiary/aromatic N) is 1. The molecule has 3 heteroatoms. The van der Waals surface area contributed by atoms with Crippen molar-refractivity contribution >= 4 is 16.7 Å². The fraction of sp³-hybridized carbons (Fsp3) is 0.292. The van der Waals surface area contributed by atoms with Gasteiger partial charge in [-0.25, -0.2) is 0 Å². The fourth-order valence-corrected chi connectivity index (χ4v) is 4.13. The molecule has 138 valence electrons. The van der Waals surface area contributed by atoms with Gasteiger partial charge in [0.15, 0.2) is 0 Å². The molecule has 4 rings (SSSR count). The molecule has 2 atom stereocenters. The first-order chi connectivity index (χ1) is 13.2. The number of piperidine rings is 1. The number of hydrogen-bond donors (Lipinski definition) is 1. The highest BCUT2D eigenvalue weighted by Crippen LogP contribution is 2.30. The van der Waals surface area contributed by atoms with Crippen molar-refractivity contribution in [2.75, 3.05) is 20.1 Å². The summed E-state index contributed by atoms with van der Waals surface area (Å²) < 4.78 is 0. The molecule has 3 aromatic rings. The van der Waals surface area contributed by atoms with E-state index in [-0.39, 0.29) is 17.9 Å². The molecule has 0 aromatic heterocycles. The van der Waals surface area contributed by atoms with Gasteiger partial charge in [-0.3, -0.25) is 4.79 Å². The van der Waals surface area contributed by atoms with Crippen LogP contribution in [0.2, 0.25) is 0 Å². The second-order valence-corrected chi connectivity index (χ2v) is 7.52. The largest absolute Gasteiger partial charge is 0.345 e. The Hall–Kier alpha value is -2.65. The van der Waals surface area contributed by atoms with Crippen molar-refractivity contribution in [2.24, 2.45) is 5.92 Å². The third-order valence-electron chi connectivity index (χ3n) is 5.55. The van der Waals surface area contributed by atoms with Crippen molar-refractivity contribution in [2.45, 2.75) is 18.9 Å². The zero-order valence-corrected chi connectivity index (χ0v) is 15.8. The topological polar surface area (TPSA) is 32.3 Å². The van der Waals surface area contributed by atoms with Crippen LogP contribution in [0.5, 0.6) is 0 Å². The molecular formula is C24H26N2O. The first-order valence-electron chi connectivity index (χ1n) is 9.74. The molecule has 1 fully saturated rings. The van der Waals surface area contributed by atoms with Gasteiger partial charge in [0.1, 0.15) is 0 Å². The third-order valence-corrected chi connectivity index (χ3v) is 5.55. The van der Waals surface area contributed by atoms with Gasteiger partial charge in [0.2, 0.25) is 5.91 Å². The van der Waals surface area contributed by atoms with Crippen LogP contribution in [0.4, 0.5) is 0 Å². The first-order valence-corrected chi connectivity index (χ1v) is 9.74. The molecule has 1 aliphatic rings. The lowest BCUT2D eigenvalue weighted by Gasteiger charge is -2.30. The molecule has 3 aromatic carbocycles. The second-order valence-electron chi connectivity index (χ2n) is 7.52. The molecule has 1 saturated heterocycles. The van der Waals surface area contributed by atoms with Crippen molar-refractivity contribution in [1.29, 1.82) is 0 Å². The fourth-order valence-electron chi connectivity index (χ4n) is 4.13. The van der Waals surface area contributed by atoms with Gasteiger partial charge in [-0.2, -0.15) is 0 Å². The van der Waals surface area contributed by atoms with E-state index in [9.17, 15) is 4.79 Å². The minimum Gasteiger partial charge on any atom is -0.345 e. The Morgan fingerprint density at radius 3 is 2.56 bits per heavy atom. The maximum atomic E-state index is 13.1. The van der Waals surface area contributed by atoms with Crippen LogP contribution >= 0.6 is 0 Å². The van der Waals surface area contributed by atoms with Gasteiger partial charge in [-0.05, 0) is 48.3 Å². The van der Waals surface area contributed by atoms with Crippen molar-refractivity contribution in [1.82, 2.24) is 10.2 Å². The van der Waals surface area contributed by atoms with Crippen LogP contribution in [0.25, 0.3) is 10.8 Å². The molecule has 0 aliphatic carbocycles. The number of rotatable bonds is 4. The van der Waals surface area contributed by atoms with Gasteiger partial charge < -0.3 is 10.2 Å². The second kappa shape index (κ2) is 7.93. The van der Waals surface area contributed by atoms with Gasteiger partial charge in [0, 0.05) is 6.54 Å². The maximum absolute atomic E-state index is 13.1. The first kappa shape index (κ1) is 17.7. The van der Waals surface area contributed by atoms with Crippen molar-refractivity contribution in [3.05, 3.63) is 83.9 Å². The number of nitrogens with one attached hydrogen (secondary N) is 1. The summed E-state index contributed by atoms with van der Waals surface area (Å²) in [5.41, 5.74) is 2.27. The van der Waals surface area contributed by atoms with E-state index >= 15 is 0 Å². The summed E-state index contributed by atoms with van der Waals surface area (Å²) in [6.07, 6.45) is 2.05. The number of benzene rings is 3. The summed E-state index contributed by atoms with van der Waals surface area (Å²) in [7, 11) is 2.10. The summed E-state index contributed by atoms with van der Waals surface area (Å²) in [5, 5.41) is 5.75. The molecule has 1 heterocycles. The van der Waals surface area contributed by atoms with Gasteiger partial charge in [0.25, 0.3) is 0 Å². The molecule has 1 N–H and O–H groups in total. The average Bonchev–Trinajstić information content (AvgIpc) is 2.72.